The van der Waals surface area contributed by atoms with E-state index < -0.39 is 0 Å². The third kappa shape index (κ3) is 4.99. The molecule has 0 unspecified atom stereocenters. The van der Waals surface area contributed by atoms with Gasteiger partial charge in [-0.25, -0.2) is 4.98 Å². The van der Waals surface area contributed by atoms with Gasteiger partial charge in [-0.1, -0.05) is 11.8 Å². The zero-order valence-electron chi connectivity index (χ0n) is 16.4. The van der Waals surface area contributed by atoms with Crippen molar-refractivity contribution in [2.45, 2.75) is 49.6 Å². The first-order valence-corrected chi connectivity index (χ1v) is 11.7. The summed E-state index contributed by atoms with van der Waals surface area (Å²) in [5, 5.41) is 14.2. The summed E-state index contributed by atoms with van der Waals surface area (Å²) < 4.78 is 5.01. The van der Waals surface area contributed by atoms with Crippen LogP contribution in [0.25, 0.3) is 0 Å². The molecule has 2 aromatic heterocycles. The van der Waals surface area contributed by atoms with Crippen LogP contribution in [0.15, 0.2) is 5.16 Å². The number of fused-ring (bicyclic) bond motifs is 1. The molecule has 0 saturated heterocycles. The van der Waals surface area contributed by atoms with Gasteiger partial charge in [0.2, 0.25) is 11.1 Å². The molecule has 10 heteroatoms. The predicted molar refractivity (Wildman–Crippen MR) is 113 cm³/mol. The van der Waals surface area contributed by atoms with E-state index in [1.54, 1.807) is 7.11 Å². The summed E-state index contributed by atoms with van der Waals surface area (Å²) in [7, 11) is 1.60. The highest BCUT2D eigenvalue weighted by Gasteiger charge is 2.28. The number of aromatic amines is 1. The summed E-state index contributed by atoms with van der Waals surface area (Å²) in [5.74, 6) is 1.32. The number of thioether (sulfide) groups is 1. The molecule has 0 aliphatic heterocycles. The molecule has 29 heavy (non-hydrogen) atoms. The molecule has 3 N–H and O–H groups in total. The maximum Gasteiger partial charge on any atom is 0.254 e. The summed E-state index contributed by atoms with van der Waals surface area (Å²) in [4.78, 5) is 31.0. The molecule has 2 aliphatic carbocycles. The van der Waals surface area contributed by atoms with Crippen molar-refractivity contribution in [2.75, 3.05) is 31.3 Å². The topological polar surface area (TPSA) is 109 Å². The van der Waals surface area contributed by atoms with Gasteiger partial charge >= 0.3 is 0 Å². The van der Waals surface area contributed by atoms with Crippen LogP contribution in [0.2, 0.25) is 0 Å². The third-order valence-corrected chi connectivity index (χ3v) is 7.08. The van der Waals surface area contributed by atoms with Crippen molar-refractivity contribution >= 4 is 39.9 Å². The number of rotatable bonds is 9. The van der Waals surface area contributed by atoms with Gasteiger partial charge in [0.1, 0.15) is 10.8 Å². The Hall–Kier alpha value is -1.91. The smallest absolute Gasteiger partial charge is 0.254 e. The lowest BCUT2D eigenvalue weighted by atomic mass is 9.95. The van der Waals surface area contributed by atoms with Crippen molar-refractivity contribution in [3.63, 3.8) is 0 Å². The minimum absolute atomic E-state index is 0.146. The van der Waals surface area contributed by atoms with Crippen molar-refractivity contribution in [1.82, 2.24) is 20.5 Å². The highest BCUT2D eigenvalue weighted by Crippen LogP contribution is 2.39. The van der Waals surface area contributed by atoms with Crippen LogP contribution in [0, 0.1) is 0 Å². The van der Waals surface area contributed by atoms with E-state index in [9.17, 15) is 9.59 Å². The number of amides is 2. The second kappa shape index (κ2) is 9.27. The number of thiophene rings is 1. The lowest BCUT2D eigenvalue weighted by molar-refractivity contribution is -0.113. The molecule has 0 radical (unpaired) electrons. The monoisotopic (exact) mass is 435 g/mol. The van der Waals surface area contributed by atoms with Crippen molar-refractivity contribution in [3.05, 3.63) is 21.8 Å². The number of H-pyrrole nitrogens is 1. The van der Waals surface area contributed by atoms with Gasteiger partial charge in [0.05, 0.1) is 17.9 Å². The maximum absolute atomic E-state index is 12.8. The lowest BCUT2D eigenvalue weighted by Crippen LogP contribution is -2.29. The van der Waals surface area contributed by atoms with E-state index >= 15 is 0 Å². The molecule has 0 aromatic carbocycles. The van der Waals surface area contributed by atoms with Gasteiger partial charge in [-0.05, 0) is 44.1 Å². The van der Waals surface area contributed by atoms with Crippen LogP contribution in [0.4, 0.5) is 5.00 Å². The second-order valence-corrected chi connectivity index (χ2v) is 9.33. The average molecular weight is 436 g/mol. The summed E-state index contributed by atoms with van der Waals surface area (Å²) in [5.41, 5.74) is 1.70. The van der Waals surface area contributed by atoms with Crippen molar-refractivity contribution in [1.29, 1.82) is 0 Å². The number of carbonyl (C=O) groups excluding carboxylic acids is 2. The highest BCUT2D eigenvalue weighted by atomic mass is 32.2. The summed E-state index contributed by atoms with van der Waals surface area (Å²) in [6.45, 7) is 0.896. The quantitative estimate of drug-likeness (QED) is 0.413. The summed E-state index contributed by atoms with van der Waals surface area (Å²) in [6, 6.07) is 0. The average Bonchev–Trinajstić information content (AvgIpc) is 3.34. The number of hydrogen-bond donors (Lipinski definition) is 3. The van der Waals surface area contributed by atoms with Gasteiger partial charge in [0, 0.05) is 24.4 Å². The van der Waals surface area contributed by atoms with Gasteiger partial charge in [0.15, 0.2) is 0 Å². The number of ether oxygens (including phenoxy) is 1. The fourth-order valence-corrected chi connectivity index (χ4v) is 5.31. The molecule has 0 atom stereocenters. The Balaban J connectivity index is 1.41. The van der Waals surface area contributed by atoms with E-state index in [0.717, 1.165) is 49.9 Å². The Bertz CT molecular complexity index is 891. The molecule has 4 rings (SSSR count). The van der Waals surface area contributed by atoms with Gasteiger partial charge < -0.3 is 15.4 Å². The predicted octanol–water partition coefficient (Wildman–Crippen LogP) is 2.73. The number of hydrogen-bond acceptors (Lipinski definition) is 7. The molecule has 8 nitrogen and oxygen atoms in total. The molecule has 2 aliphatic rings. The van der Waals surface area contributed by atoms with E-state index in [2.05, 4.69) is 25.8 Å². The zero-order valence-corrected chi connectivity index (χ0v) is 18.0. The summed E-state index contributed by atoms with van der Waals surface area (Å²) in [6.07, 6.45) is 6.33. The highest BCUT2D eigenvalue weighted by molar-refractivity contribution is 7.99. The van der Waals surface area contributed by atoms with Crippen LogP contribution in [0.5, 0.6) is 0 Å². The first-order chi connectivity index (χ1) is 14.2. The molecule has 2 aromatic rings. The molecule has 156 valence electrons. The van der Waals surface area contributed by atoms with Crippen LogP contribution in [0.3, 0.4) is 0 Å². The van der Waals surface area contributed by atoms with Crippen LogP contribution in [-0.4, -0.2) is 53.0 Å². The Morgan fingerprint density at radius 2 is 2.14 bits per heavy atom. The van der Waals surface area contributed by atoms with Gasteiger partial charge in [-0.15, -0.1) is 16.4 Å². The van der Waals surface area contributed by atoms with Crippen LogP contribution in [-0.2, 0) is 22.4 Å². The molecule has 1 saturated carbocycles. The van der Waals surface area contributed by atoms with Gasteiger partial charge in [-0.3, -0.25) is 14.7 Å². The number of aryl methyl sites for hydroxylation is 1. The van der Waals surface area contributed by atoms with E-state index in [4.69, 9.17) is 4.74 Å². The molecule has 0 bridgehead atoms. The van der Waals surface area contributed by atoms with Crippen molar-refractivity contribution in [3.8, 4) is 0 Å². The number of carbonyl (C=O) groups is 2. The zero-order chi connectivity index (χ0) is 20.2. The van der Waals surface area contributed by atoms with Crippen LogP contribution < -0.4 is 10.6 Å². The minimum atomic E-state index is -0.155. The molecular formula is C19H25N5O3S2. The SMILES string of the molecule is COCCNC(=O)c1c(NC(=O)CSc2n[nH]c(C3CC3)n2)sc2c1CCCC2. The Morgan fingerprint density at radius 1 is 1.31 bits per heavy atom. The fraction of sp³-hybridized carbons (Fsp3) is 0.579. The van der Waals surface area contributed by atoms with Crippen LogP contribution >= 0.6 is 23.1 Å². The van der Waals surface area contributed by atoms with E-state index in [0.29, 0.717) is 34.8 Å². The molecule has 1 fully saturated rings. The van der Waals surface area contributed by atoms with E-state index in [-0.39, 0.29) is 17.6 Å². The Labute approximate surface area is 177 Å². The normalized spacial score (nSPS) is 15.8. The standard InChI is InChI=1S/C19H25N5O3S2/c1-27-9-8-20-17(26)15-12-4-2-3-5-13(12)29-18(15)21-14(25)10-28-19-22-16(23-24-19)11-6-7-11/h11H,2-10H2,1H3,(H,20,26)(H,21,25)(H,22,23,24). The third-order valence-electron chi connectivity index (χ3n) is 5.02. The van der Waals surface area contributed by atoms with Crippen molar-refractivity contribution in [2.24, 2.45) is 0 Å². The van der Waals surface area contributed by atoms with Gasteiger partial charge in [0.25, 0.3) is 5.91 Å². The number of aromatic nitrogens is 3. The molecule has 2 amide bonds. The first-order valence-electron chi connectivity index (χ1n) is 9.92. The summed E-state index contributed by atoms with van der Waals surface area (Å²) >= 11 is 2.83. The number of nitrogens with one attached hydrogen (secondary N) is 3. The fourth-order valence-electron chi connectivity index (χ4n) is 3.40. The van der Waals surface area contributed by atoms with E-state index in [1.165, 1.54) is 28.0 Å². The second-order valence-electron chi connectivity index (χ2n) is 7.28. The molecular weight excluding hydrogens is 410 g/mol. The van der Waals surface area contributed by atoms with E-state index in [1.807, 2.05) is 0 Å². The van der Waals surface area contributed by atoms with Gasteiger partial charge in [-0.2, -0.15) is 0 Å². The van der Waals surface area contributed by atoms with Crippen molar-refractivity contribution < 1.29 is 14.3 Å². The minimum Gasteiger partial charge on any atom is -0.383 e. The lowest BCUT2D eigenvalue weighted by Gasteiger charge is -2.13. The molecule has 2 heterocycles. The maximum atomic E-state index is 12.8. The Morgan fingerprint density at radius 3 is 2.93 bits per heavy atom. The first kappa shape index (κ1) is 20.4. The molecule has 0 spiro atoms. The number of anilines is 1. The largest absolute Gasteiger partial charge is 0.383 e. The van der Waals surface area contributed by atoms with Crippen LogP contribution in [0.1, 0.15) is 58.2 Å². The number of methoxy groups -OCH3 is 1. The number of nitrogens with zero attached hydrogens (tertiary/aromatic N) is 2. The Kier molecular flexibility index (Phi) is 6.51.